The molecule has 92 valence electrons. The number of rotatable bonds is 3. The van der Waals surface area contributed by atoms with Gasteiger partial charge in [-0.05, 0) is 13.3 Å². The van der Waals surface area contributed by atoms with Crippen molar-refractivity contribution >= 4 is 17.7 Å². The first-order valence-electron chi connectivity index (χ1n) is 5.64. The maximum atomic E-state index is 11.9. The van der Waals surface area contributed by atoms with E-state index in [0.29, 0.717) is 25.2 Å². The Morgan fingerprint density at radius 2 is 2.35 bits per heavy atom. The van der Waals surface area contributed by atoms with Crippen molar-refractivity contribution in [2.24, 2.45) is 0 Å². The molecule has 2 rings (SSSR count). The molecule has 1 unspecified atom stereocenters. The van der Waals surface area contributed by atoms with Gasteiger partial charge in [-0.25, -0.2) is 9.48 Å². The minimum absolute atomic E-state index is 0.147. The summed E-state index contributed by atoms with van der Waals surface area (Å²) in [4.78, 5) is 24.4. The molecule has 6 nitrogen and oxygen atoms in total. The summed E-state index contributed by atoms with van der Waals surface area (Å²) in [5.74, 6) is -0.534. The summed E-state index contributed by atoms with van der Waals surface area (Å²) in [6, 6.07) is 0.945. The van der Waals surface area contributed by atoms with Crippen LogP contribution >= 0.6 is 0 Å². The third-order valence-corrected chi connectivity index (χ3v) is 2.92. The van der Waals surface area contributed by atoms with Gasteiger partial charge in [0, 0.05) is 12.5 Å². The number of aryl methyl sites for hydroxylation is 2. The third kappa shape index (κ3) is 1.90. The summed E-state index contributed by atoms with van der Waals surface area (Å²) in [7, 11) is 0. The van der Waals surface area contributed by atoms with E-state index < -0.39 is 12.0 Å². The molecule has 1 aliphatic rings. The van der Waals surface area contributed by atoms with Crippen molar-refractivity contribution in [3.05, 3.63) is 11.8 Å². The number of carbonyl (C=O) groups is 2. The number of nitrogens with zero attached hydrogens (tertiary/aromatic N) is 3. The molecule has 0 saturated heterocycles. The number of aliphatic carboxylic acids is 1. The van der Waals surface area contributed by atoms with Crippen molar-refractivity contribution in [2.45, 2.75) is 39.3 Å². The van der Waals surface area contributed by atoms with E-state index in [9.17, 15) is 9.59 Å². The quantitative estimate of drug-likeness (QED) is 0.843. The summed E-state index contributed by atoms with van der Waals surface area (Å²) in [6.45, 7) is 4.11. The van der Waals surface area contributed by atoms with Crippen LogP contribution in [0.2, 0.25) is 0 Å². The summed E-state index contributed by atoms with van der Waals surface area (Å²) >= 11 is 0. The Bertz CT molecular complexity index is 467. The lowest BCUT2D eigenvalue weighted by Gasteiger charge is -2.31. The highest BCUT2D eigenvalue weighted by atomic mass is 16.4. The van der Waals surface area contributed by atoms with E-state index in [2.05, 4.69) is 5.10 Å². The van der Waals surface area contributed by atoms with Gasteiger partial charge in [-0.1, -0.05) is 6.92 Å². The predicted molar refractivity (Wildman–Crippen MR) is 60.8 cm³/mol. The zero-order chi connectivity index (χ0) is 12.6. The number of hydrogen-bond donors (Lipinski definition) is 1. The van der Waals surface area contributed by atoms with Gasteiger partial charge in [-0.15, -0.1) is 0 Å². The van der Waals surface area contributed by atoms with E-state index >= 15 is 0 Å². The van der Waals surface area contributed by atoms with E-state index in [1.54, 1.807) is 17.7 Å². The maximum Gasteiger partial charge on any atom is 0.326 e. The number of amides is 1. The molecule has 0 aliphatic carbocycles. The van der Waals surface area contributed by atoms with Crippen LogP contribution in [0.3, 0.4) is 0 Å². The number of aromatic nitrogens is 2. The molecule has 1 N–H and O–H groups in total. The first-order valence-corrected chi connectivity index (χ1v) is 5.64. The van der Waals surface area contributed by atoms with E-state index in [1.807, 2.05) is 6.92 Å². The Hall–Kier alpha value is -1.85. The Kier molecular flexibility index (Phi) is 2.87. The van der Waals surface area contributed by atoms with Gasteiger partial charge in [0.1, 0.15) is 11.9 Å². The highest BCUT2D eigenvalue weighted by Crippen LogP contribution is 2.25. The molecule has 1 aromatic heterocycles. The van der Waals surface area contributed by atoms with Gasteiger partial charge < -0.3 is 5.11 Å². The summed E-state index contributed by atoms with van der Waals surface area (Å²) in [6.07, 6.45) is 0.684. The minimum Gasteiger partial charge on any atom is -0.480 e. The Balaban J connectivity index is 2.44. The number of hydrogen-bond acceptors (Lipinski definition) is 3. The number of anilines is 1. The molecular formula is C11H15N3O3. The molecule has 0 spiro atoms. The van der Waals surface area contributed by atoms with Gasteiger partial charge in [0.05, 0.1) is 12.2 Å². The van der Waals surface area contributed by atoms with Crippen LogP contribution in [0, 0.1) is 6.92 Å². The summed E-state index contributed by atoms with van der Waals surface area (Å²) < 4.78 is 1.70. The molecule has 0 aromatic carbocycles. The summed E-state index contributed by atoms with van der Waals surface area (Å²) in [5, 5.41) is 13.4. The van der Waals surface area contributed by atoms with E-state index in [4.69, 9.17) is 5.11 Å². The zero-order valence-electron chi connectivity index (χ0n) is 9.88. The highest BCUT2D eigenvalue weighted by Gasteiger charge is 2.34. The van der Waals surface area contributed by atoms with Gasteiger partial charge in [0.2, 0.25) is 5.91 Å². The molecule has 0 radical (unpaired) electrons. The lowest BCUT2D eigenvalue weighted by atomic mass is 10.1. The molecular weight excluding hydrogens is 222 g/mol. The molecule has 2 heterocycles. The fraction of sp³-hybridized carbons (Fsp3) is 0.545. The van der Waals surface area contributed by atoms with Crippen LogP contribution in [0.25, 0.3) is 0 Å². The second-order valence-electron chi connectivity index (χ2n) is 4.14. The van der Waals surface area contributed by atoms with Gasteiger partial charge >= 0.3 is 5.97 Å². The molecule has 1 aromatic rings. The molecule has 0 saturated carbocycles. The van der Waals surface area contributed by atoms with Gasteiger partial charge in [-0.2, -0.15) is 5.10 Å². The molecule has 1 aliphatic heterocycles. The van der Waals surface area contributed by atoms with Crippen molar-refractivity contribution in [2.75, 3.05) is 4.90 Å². The average Bonchev–Trinajstić information content (AvgIpc) is 2.63. The van der Waals surface area contributed by atoms with Crippen LogP contribution in [0.15, 0.2) is 6.07 Å². The standard InChI is InChI=1S/C11H15N3O3/c1-3-8(11(16)17)14-9-6-7(2)12-13(9)5-4-10(14)15/h6,8H,3-5H2,1-2H3,(H,16,17). The highest BCUT2D eigenvalue weighted by molar-refractivity contribution is 5.99. The van der Waals surface area contributed by atoms with Crippen LogP contribution in [0.4, 0.5) is 5.82 Å². The van der Waals surface area contributed by atoms with Crippen LogP contribution in [-0.4, -0.2) is 32.8 Å². The summed E-state index contributed by atoms with van der Waals surface area (Å²) in [5.41, 5.74) is 0.792. The second kappa shape index (κ2) is 4.20. The van der Waals surface area contributed by atoms with Gasteiger partial charge in [0.25, 0.3) is 0 Å². The average molecular weight is 237 g/mol. The Morgan fingerprint density at radius 3 is 2.94 bits per heavy atom. The van der Waals surface area contributed by atoms with Crippen molar-refractivity contribution in [3.8, 4) is 0 Å². The molecule has 0 fully saturated rings. The smallest absolute Gasteiger partial charge is 0.326 e. The van der Waals surface area contributed by atoms with Crippen LogP contribution < -0.4 is 4.90 Å². The number of fused-ring (bicyclic) bond motifs is 1. The van der Waals surface area contributed by atoms with Crippen LogP contribution in [0.5, 0.6) is 0 Å². The van der Waals surface area contributed by atoms with Crippen LogP contribution in [0.1, 0.15) is 25.5 Å². The fourth-order valence-corrected chi connectivity index (χ4v) is 2.14. The molecule has 6 heteroatoms. The molecule has 0 bridgehead atoms. The SMILES string of the molecule is CCC(C(=O)O)N1C(=O)CCn2nc(C)cc21. The lowest BCUT2D eigenvalue weighted by Crippen LogP contribution is -2.48. The number of carboxylic acid groups (broad SMARTS) is 1. The molecule has 1 amide bonds. The first kappa shape index (κ1) is 11.6. The van der Waals surface area contributed by atoms with Crippen molar-refractivity contribution < 1.29 is 14.7 Å². The normalized spacial score (nSPS) is 16.8. The molecule has 17 heavy (non-hydrogen) atoms. The van der Waals surface area contributed by atoms with Gasteiger partial charge in [0.15, 0.2) is 0 Å². The van der Waals surface area contributed by atoms with Crippen molar-refractivity contribution in [3.63, 3.8) is 0 Å². The Labute approximate surface area is 98.8 Å². The predicted octanol–water partition coefficient (Wildman–Crippen LogP) is 0.791. The van der Waals surface area contributed by atoms with E-state index in [-0.39, 0.29) is 5.91 Å². The lowest BCUT2D eigenvalue weighted by molar-refractivity contribution is -0.140. The largest absolute Gasteiger partial charge is 0.480 e. The van der Waals surface area contributed by atoms with E-state index in [0.717, 1.165) is 5.69 Å². The second-order valence-corrected chi connectivity index (χ2v) is 4.14. The maximum absolute atomic E-state index is 11.9. The Morgan fingerprint density at radius 1 is 1.65 bits per heavy atom. The molecule has 1 atom stereocenters. The van der Waals surface area contributed by atoms with E-state index in [1.165, 1.54) is 4.90 Å². The topological polar surface area (TPSA) is 75.4 Å². The monoisotopic (exact) mass is 237 g/mol. The fourth-order valence-electron chi connectivity index (χ4n) is 2.14. The third-order valence-electron chi connectivity index (χ3n) is 2.92. The number of carboxylic acids is 1. The first-order chi connectivity index (χ1) is 8.04. The van der Waals surface area contributed by atoms with Crippen molar-refractivity contribution in [1.29, 1.82) is 0 Å². The number of carbonyl (C=O) groups excluding carboxylic acids is 1. The van der Waals surface area contributed by atoms with Crippen LogP contribution in [-0.2, 0) is 16.1 Å². The van der Waals surface area contributed by atoms with Gasteiger partial charge in [-0.3, -0.25) is 9.69 Å². The zero-order valence-corrected chi connectivity index (χ0v) is 9.88. The minimum atomic E-state index is -0.979. The van der Waals surface area contributed by atoms with Crippen molar-refractivity contribution in [1.82, 2.24) is 9.78 Å².